The molecule has 0 radical (unpaired) electrons. The van der Waals surface area contributed by atoms with Crippen molar-refractivity contribution < 1.29 is 19.2 Å². The Labute approximate surface area is 132 Å². The predicted molar refractivity (Wildman–Crippen MR) is 80.2 cm³/mol. The van der Waals surface area contributed by atoms with Gasteiger partial charge in [-0.25, -0.2) is 0 Å². The van der Waals surface area contributed by atoms with Crippen LogP contribution in [0.2, 0.25) is 5.02 Å². The van der Waals surface area contributed by atoms with Gasteiger partial charge in [0.05, 0.1) is 22.2 Å². The van der Waals surface area contributed by atoms with Crippen LogP contribution in [0.4, 0.5) is 5.69 Å². The summed E-state index contributed by atoms with van der Waals surface area (Å²) < 4.78 is 10.9. The minimum absolute atomic E-state index is 0.0179. The maximum absolute atomic E-state index is 12.1. The van der Waals surface area contributed by atoms with Crippen molar-refractivity contribution in [2.24, 2.45) is 0 Å². The Kier molecular flexibility index (Phi) is 5.20. The fraction of sp³-hybridized carbons (Fsp3) is 0.500. The molecule has 1 aliphatic rings. The molecule has 2 atom stereocenters. The molecular formula is C14H17ClN2O5. The molecule has 0 spiro atoms. The highest BCUT2D eigenvalue weighted by atomic mass is 35.5. The van der Waals surface area contributed by atoms with Crippen LogP contribution in [-0.2, 0) is 9.53 Å². The summed E-state index contributed by atoms with van der Waals surface area (Å²) in [5, 5.41) is 10.7. The number of benzene rings is 1. The highest BCUT2D eigenvalue weighted by Crippen LogP contribution is 2.28. The Morgan fingerprint density at radius 2 is 2.09 bits per heavy atom. The van der Waals surface area contributed by atoms with Crippen LogP contribution >= 0.6 is 11.6 Å². The van der Waals surface area contributed by atoms with Crippen LogP contribution in [0.5, 0.6) is 5.75 Å². The topological polar surface area (TPSA) is 81.9 Å². The number of nitro benzene ring substituents is 1. The summed E-state index contributed by atoms with van der Waals surface area (Å²) in [5.74, 6) is 0.0754. The van der Waals surface area contributed by atoms with Crippen molar-refractivity contribution in [2.45, 2.75) is 26.1 Å². The number of non-ortho nitro benzene ring substituents is 1. The molecule has 1 aromatic carbocycles. The molecular weight excluding hydrogens is 312 g/mol. The van der Waals surface area contributed by atoms with Gasteiger partial charge < -0.3 is 14.4 Å². The highest BCUT2D eigenvalue weighted by Gasteiger charge is 2.26. The van der Waals surface area contributed by atoms with E-state index in [-0.39, 0.29) is 41.2 Å². The van der Waals surface area contributed by atoms with E-state index in [1.807, 2.05) is 13.8 Å². The van der Waals surface area contributed by atoms with Gasteiger partial charge in [-0.2, -0.15) is 0 Å². The van der Waals surface area contributed by atoms with E-state index >= 15 is 0 Å². The molecule has 0 aromatic heterocycles. The molecule has 1 amide bonds. The van der Waals surface area contributed by atoms with E-state index in [9.17, 15) is 14.9 Å². The number of amides is 1. The standard InChI is InChI=1S/C14H17ClN2O5/c1-9-6-16(7-10(2)22-9)14(18)8-21-13-4-3-11(17(19)20)5-12(13)15/h3-5,9-10H,6-8H2,1-2H3. The van der Waals surface area contributed by atoms with Gasteiger partial charge in [-0.1, -0.05) is 11.6 Å². The number of nitrogens with zero attached hydrogens (tertiary/aromatic N) is 2. The normalized spacial score (nSPS) is 21.5. The third kappa shape index (κ3) is 4.08. The molecule has 0 bridgehead atoms. The number of carbonyl (C=O) groups is 1. The minimum Gasteiger partial charge on any atom is -0.482 e. The van der Waals surface area contributed by atoms with Crippen LogP contribution < -0.4 is 4.74 Å². The van der Waals surface area contributed by atoms with Crippen molar-refractivity contribution >= 4 is 23.2 Å². The third-order valence-electron chi connectivity index (χ3n) is 3.25. The van der Waals surface area contributed by atoms with Crippen molar-refractivity contribution in [3.8, 4) is 5.75 Å². The Balaban J connectivity index is 1.95. The monoisotopic (exact) mass is 328 g/mol. The smallest absolute Gasteiger partial charge is 0.271 e. The number of carbonyl (C=O) groups excluding carboxylic acids is 1. The van der Waals surface area contributed by atoms with Crippen molar-refractivity contribution in [1.29, 1.82) is 0 Å². The lowest BCUT2D eigenvalue weighted by Crippen LogP contribution is -2.49. The molecule has 0 saturated carbocycles. The summed E-state index contributed by atoms with van der Waals surface area (Å²) in [6, 6.07) is 3.86. The number of rotatable bonds is 4. The molecule has 2 rings (SSSR count). The number of halogens is 1. The molecule has 120 valence electrons. The summed E-state index contributed by atoms with van der Waals surface area (Å²) in [5.41, 5.74) is -0.125. The molecule has 22 heavy (non-hydrogen) atoms. The van der Waals surface area contributed by atoms with Gasteiger partial charge >= 0.3 is 0 Å². The summed E-state index contributed by atoms with van der Waals surface area (Å²) in [6.45, 7) is 4.67. The van der Waals surface area contributed by atoms with Crippen LogP contribution in [0.25, 0.3) is 0 Å². The SMILES string of the molecule is CC1CN(C(=O)COc2ccc([N+](=O)[O-])cc2Cl)CC(C)O1. The maximum atomic E-state index is 12.1. The third-order valence-corrected chi connectivity index (χ3v) is 3.55. The van der Waals surface area contributed by atoms with E-state index in [0.29, 0.717) is 13.1 Å². The lowest BCUT2D eigenvalue weighted by atomic mass is 10.2. The molecule has 0 aliphatic carbocycles. The van der Waals surface area contributed by atoms with E-state index < -0.39 is 4.92 Å². The largest absolute Gasteiger partial charge is 0.482 e. The summed E-state index contributed by atoms with van der Waals surface area (Å²) in [6.07, 6.45) is -0.0358. The molecule has 1 aromatic rings. The first kappa shape index (κ1) is 16.5. The molecule has 8 heteroatoms. The fourth-order valence-electron chi connectivity index (χ4n) is 2.33. The Morgan fingerprint density at radius 1 is 1.45 bits per heavy atom. The predicted octanol–water partition coefficient (Wildman–Crippen LogP) is 2.26. The van der Waals surface area contributed by atoms with Crippen LogP contribution in [0, 0.1) is 10.1 Å². The quantitative estimate of drug-likeness (QED) is 0.625. The van der Waals surface area contributed by atoms with Gasteiger partial charge in [0.15, 0.2) is 6.61 Å². The van der Waals surface area contributed by atoms with Gasteiger partial charge in [0.2, 0.25) is 0 Å². The second-order valence-corrected chi connectivity index (χ2v) is 5.62. The summed E-state index contributed by atoms with van der Waals surface area (Å²) in [4.78, 5) is 23.9. The van der Waals surface area contributed by atoms with E-state index in [1.165, 1.54) is 18.2 Å². The zero-order valence-corrected chi connectivity index (χ0v) is 13.1. The lowest BCUT2D eigenvalue weighted by molar-refractivity contribution is -0.384. The van der Waals surface area contributed by atoms with Gasteiger partial charge in [-0.15, -0.1) is 0 Å². The second kappa shape index (κ2) is 6.93. The number of morpholine rings is 1. The fourth-order valence-corrected chi connectivity index (χ4v) is 2.56. The van der Waals surface area contributed by atoms with Crippen LogP contribution in [0.15, 0.2) is 18.2 Å². The first-order valence-electron chi connectivity index (χ1n) is 6.86. The van der Waals surface area contributed by atoms with Gasteiger partial charge in [-0.3, -0.25) is 14.9 Å². The molecule has 1 fully saturated rings. The van der Waals surface area contributed by atoms with E-state index in [0.717, 1.165) is 0 Å². The lowest BCUT2D eigenvalue weighted by Gasteiger charge is -2.35. The highest BCUT2D eigenvalue weighted by molar-refractivity contribution is 6.32. The molecule has 0 N–H and O–H groups in total. The van der Waals surface area contributed by atoms with Gasteiger partial charge in [-0.05, 0) is 19.9 Å². The van der Waals surface area contributed by atoms with Crippen molar-refractivity contribution in [3.05, 3.63) is 33.3 Å². The van der Waals surface area contributed by atoms with E-state index in [1.54, 1.807) is 4.90 Å². The van der Waals surface area contributed by atoms with E-state index in [4.69, 9.17) is 21.1 Å². The molecule has 1 heterocycles. The van der Waals surface area contributed by atoms with Crippen LogP contribution in [-0.4, -0.2) is 47.6 Å². The van der Waals surface area contributed by atoms with Crippen LogP contribution in [0.3, 0.4) is 0 Å². The molecule has 1 aliphatic heterocycles. The number of hydrogen-bond acceptors (Lipinski definition) is 5. The van der Waals surface area contributed by atoms with Gasteiger partial charge in [0.25, 0.3) is 11.6 Å². The summed E-state index contributed by atoms with van der Waals surface area (Å²) in [7, 11) is 0. The second-order valence-electron chi connectivity index (χ2n) is 5.22. The van der Waals surface area contributed by atoms with Gasteiger partial charge in [0.1, 0.15) is 5.75 Å². The zero-order valence-electron chi connectivity index (χ0n) is 12.3. The average Bonchev–Trinajstić information content (AvgIpc) is 2.44. The Hall–Kier alpha value is -1.86. The molecule has 2 unspecified atom stereocenters. The maximum Gasteiger partial charge on any atom is 0.271 e. The first-order valence-corrected chi connectivity index (χ1v) is 7.24. The first-order chi connectivity index (χ1) is 10.4. The molecule has 1 saturated heterocycles. The van der Waals surface area contributed by atoms with Gasteiger partial charge in [0, 0.05) is 25.2 Å². The van der Waals surface area contributed by atoms with Crippen molar-refractivity contribution in [1.82, 2.24) is 4.90 Å². The minimum atomic E-state index is -0.544. The Bertz CT molecular complexity index is 570. The summed E-state index contributed by atoms with van der Waals surface area (Å²) >= 11 is 5.91. The number of ether oxygens (including phenoxy) is 2. The van der Waals surface area contributed by atoms with Crippen molar-refractivity contribution in [2.75, 3.05) is 19.7 Å². The number of hydrogen-bond donors (Lipinski definition) is 0. The van der Waals surface area contributed by atoms with Crippen molar-refractivity contribution in [3.63, 3.8) is 0 Å². The van der Waals surface area contributed by atoms with Crippen LogP contribution in [0.1, 0.15) is 13.8 Å². The Morgan fingerprint density at radius 3 is 2.64 bits per heavy atom. The zero-order chi connectivity index (χ0) is 16.3. The number of nitro groups is 1. The molecule has 7 nitrogen and oxygen atoms in total. The van der Waals surface area contributed by atoms with E-state index in [2.05, 4.69) is 0 Å². The average molecular weight is 329 g/mol.